The fourth-order valence-corrected chi connectivity index (χ4v) is 2.83. The zero-order chi connectivity index (χ0) is 13.8. The van der Waals surface area contributed by atoms with E-state index in [9.17, 15) is 10.1 Å². The van der Waals surface area contributed by atoms with Gasteiger partial charge in [0.25, 0.3) is 5.69 Å². The number of aryl methyl sites for hydroxylation is 1. The summed E-state index contributed by atoms with van der Waals surface area (Å²) < 4.78 is 1.99. The highest BCUT2D eigenvalue weighted by Crippen LogP contribution is 2.27. The molecule has 0 N–H and O–H groups in total. The van der Waals surface area contributed by atoms with E-state index >= 15 is 0 Å². The fourth-order valence-electron chi connectivity index (χ4n) is 1.79. The largest absolute Gasteiger partial charge is 0.307 e. The first-order valence-electron chi connectivity index (χ1n) is 5.88. The van der Waals surface area contributed by atoms with E-state index in [1.165, 1.54) is 17.8 Å². The number of thioether (sulfide) groups is 1. The standard InChI is InChI=1S/C12H14N4O2S/c1-3-15-9(2)13-14-12(15)19-8-10-6-4-5-7-11(10)16(17)18/h4-7H,3,8H2,1-2H3. The number of rotatable bonds is 5. The zero-order valence-electron chi connectivity index (χ0n) is 10.7. The molecule has 19 heavy (non-hydrogen) atoms. The molecule has 0 aliphatic carbocycles. The molecule has 0 bridgehead atoms. The predicted octanol–water partition coefficient (Wildman–Crippen LogP) is 2.81. The minimum Gasteiger partial charge on any atom is -0.307 e. The first-order valence-corrected chi connectivity index (χ1v) is 6.87. The second-order valence-electron chi connectivity index (χ2n) is 3.95. The van der Waals surface area contributed by atoms with Crippen molar-refractivity contribution in [3.05, 3.63) is 45.8 Å². The average Bonchev–Trinajstić information content (AvgIpc) is 2.77. The van der Waals surface area contributed by atoms with Gasteiger partial charge >= 0.3 is 0 Å². The molecule has 1 aromatic heterocycles. The van der Waals surface area contributed by atoms with Crippen molar-refractivity contribution in [2.45, 2.75) is 31.3 Å². The highest BCUT2D eigenvalue weighted by atomic mass is 32.2. The molecule has 2 aromatic rings. The van der Waals surface area contributed by atoms with Crippen LogP contribution in [-0.2, 0) is 12.3 Å². The normalized spacial score (nSPS) is 10.6. The van der Waals surface area contributed by atoms with Crippen LogP contribution in [-0.4, -0.2) is 19.7 Å². The minimum atomic E-state index is -0.355. The molecule has 2 rings (SSSR count). The third kappa shape index (κ3) is 2.93. The van der Waals surface area contributed by atoms with Gasteiger partial charge in [0.1, 0.15) is 5.82 Å². The maximum Gasteiger partial charge on any atom is 0.273 e. The van der Waals surface area contributed by atoms with E-state index in [-0.39, 0.29) is 10.6 Å². The van der Waals surface area contributed by atoms with Crippen LogP contribution in [0.15, 0.2) is 29.4 Å². The molecule has 0 saturated heterocycles. The van der Waals surface area contributed by atoms with Crippen LogP contribution in [0, 0.1) is 17.0 Å². The van der Waals surface area contributed by atoms with E-state index in [2.05, 4.69) is 10.2 Å². The number of hydrogen-bond acceptors (Lipinski definition) is 5. The van der Waals surface area contributed by atoms with Crippen molar-refractivity contribution in [2.75, 3.05) is 0 Å². The lowest BCUT2D eigenvalue weighted by molar-refractivity contribution is -0.385. The van der Waals surface area contributed by atoms with Gasteiger partial charge in [-0.1, -0.05) is 30.0 Å². The van der Waals surface area contributed by atoms with Crippen molar-refractivity contribution in [1.29, 1.82) is 0 Å². The monoisotopic (exact) mass is 278 g/mol. The summed E-state index contributed by atoms with van der Waals surface area (Å²) in [5.74, 6) is 1.36. The van der Waals surface area contributed by atoms with Crippen LogP contribution < -0.4 is 0 Å². The lowest BCUT2D eigenvalue weighted by atomic mass is 10.2. The number of nitro groups is 1. The van der Waals surface area contributed by atoms with Gasteiger partial charge in [-0.2, -0.15) is 0 Å². The molecular weight excluding hydrogens is 264 g/mol. The Morgan fingerprint density at radius 1 is 1.37 bits per heavy atom. The summed E-state index contributed by atoms with van der Waals surface area (Å²) in [6.45, 7) is 4.70. The van der Waals surface area contributed by atoms with Crippen molar-refractivity contribution in [3.63, 3.8) is 0 Å². The Morgan fingerprint density at radius 2 is 2.11 bits per heavy atom. The summed E-state index contributed by atoms with van der Waals surface area (Å²) in [5, 5.41) is 19.8. The molecule has 0 spiro atoms. The number of hydrogen-bond donors (Lipinski definition) is 0. The molecular formula is C12H14N4O2S. The van der Waals surface area contributed by atoms with Crippen molar-refractivity contribution in [3.8, 4) is 0 Å². The molecule has 1 heterocycles. The molecule has 1 aromatic carbocycles. The van der Waals surface area contributed by atoms with Gasteiger partial charge in [0.15, 0.2) is 5.16 Å². The summed E-state index contributed by atoms with van der Waals surface area (Å²) in [4.78, 5) is 10.6. The van der Waals surface area contributed by atoms with Crippen LogP contribution >= 0.6 is 11.8 Å². The maximum atomic E-state index is 10.9. The maximum absolute atomic E-state index is 10.9. The van der Waals surface area contributed by atoms with Gasteiger partial charge in [-0.15, -0.1) is 10.2 Å². The van der Waals surface area contributed by atoms with E-state index in [0.29, 0.717) is 11.3 Å². The predicted molar refractivity (Wildman–Crippen MR) is 73.1 cm³/mol. The van der Waals surface area contributed by atoms with E-state index in [4.69, 9.17) is 0 Å². The molecule has 0 atom stereocenters. The molecule has 0 fully saturated rings. The summed E-state index contributed by atoms with van der Waals surface area (Å²) in [5.41, 5.74) is 0.843. The number of nitro benzene ring substituents is 1. The first kappa shape index (κ1) is 13.5. The van der Waals surface area contributed by atoms with Gasteiger partial charge < -0.3 is 4.57 Å². The Morgan fingerprint density at radius 3 is 2.79 bits per heavy atom. The van der Waals surface area contributed by atoms with Gasteiger partial charge in [0.05, 0.1) is 4.92 Å². The van der Waals surface area contributed by atoms with Gasteiger partial charge in [-0.05, 0) is 13.8 Å². The van der Waals surface area contributed by atoms with Gasteiger partial charge in [0, 0.05) is 23.9 Å². The Bertz CT molecular complexity index is 597. The van der Waals surface area contributed by atoms with Crippen molar-refractivity contribution in [2.24, 2.45) is 0 Å². The van der Waals surface area contributed by atoms with Crippen LogP contribution in [0.3, 0.4) is 0 Å². The third-order valence-corrected chi connectivity index (χ3v) is 3.78. The van der Waals surface area contributed by atoms with E-state index < -0.39 is 0 Å². The molecule has 0 aliphatic rings. The number of benzene rings is 1. The van der Waals surface area contributed by atoms with E-state index in [0.717, 1.165) is 17.5 Å². The van der Waals surface area contributed by atoms with Crippen LogP contribution in [0.1, 0.15) is 18.3 Å². The molecule has 0 unspecified atom stereocenters. The summed E-state index contributed by atoms with van der Waals surface area (Å²) >= 11 is 1.46. The quantitative estimate of drug-likeness (QED) is 0.477. The Kier molecular flexibility index (Phi) is 4.16. The summed E-state index contributed by atoms with van der Waals surface area (Å²) in [7, 11) is 0. The fraction of sp³-hybridized carbons (Fsp3) is 0.333. The second kappa shape index (κ2) is 5.83. The topological polar surface area (TPSA) is 73.8 Å². The van der Waals surface area contributed by atoms with Crippen LogP contribution in [0.25, 0.3) is 0 Å². The van der Waals surface area contributed by atoms with Crippen molar-refractivity contribution in [1.82, 2.24) is 14.8 Å². The van der Waals surface area contributed by atoms with Crippen LogP contribution in [0.5, 0.6) is 0 Å². The molecule has 0 amide bonds. The number of para-hydroxylation sites is 1. The SMILES string of the molecule is CCn1c(C)nnc1SCc1ccccc1[N+](=O)[O-]. The molecule has 0 saturated carbocycles. The minimum absolute atomic E-state index is 0.147. The van der Waals surface area contributed by atoms with Crippen LogP contribution in [0.4, 0.5) is 5.69 Å². The van der Waals surface area contributed by atoms with Gasteiger partial charge in [0.2, 0.25) is 0 Å². The summed E-state index contributed by atoms with van der Waals surface area (Å²) in [6, 6.07) is 6.76. The number of nitrogens with zero attached hydrogens (tertiary/aromatic N) is 4. The van der Waals surface area contributed by atoms with Crippen LogP contribution in [0.2, 0.25) is 0 Å². The molecule has 0 radical (unpaired) electrons. The smallest absolute Gasteiger partial charge is 0.273 e. The van der Waals surface area contributed by atoms with Gasteiger partial charge in [-0.3, -0.25) is 10.1 Å². The van der Waals surface area contributed by atoms with Gasteiger partial charge in [-0.25, -0.2) is 0 Å². The van der Waals surface area contributed by atoms with E-state index in [1.54, 1.807) is 18.2 Å². The second-order valence-corrected chi connectivity index (χ2v) is 4.89. The Balaban J connectivity index is 2.17. The lowest BCUT2D eigenvalue weighted by Gasteiger charge is -2.05. The Labute approximate surface area is 115 Å². The molecule has 6 nitrogen and oxygen atoms in total. The highest BCUT2D eigenvalue weighted by Gasteiger charge is 2.14. The molecule has 0 aliphatic heterocycles. The highest BCUT2D eigenvalue weighted by molar-refractivity contribution is 7.98. The molecule has 100 valence electrons. The Hall–Kier alpha value is -1.89. The summed E-state index contributed by atoms with van der Waals surface area (Å²) in [6.07, 6.45) is 0. The van der Waals surface area contributed by atoms with Crippen molar-refractivity contribution < 1.29 is 4.92 Å². The molecule has 7 heteroatoms. The van der Waals surface area contributed by atoms with E-state index in [1.807, 2.05) is 18.4 Å². The third-order valence-electron chi connectivity index (χ3n) is 2.76. The number of aromatic nitrogens is 3. The average molecular weight is 278 g/mol. The lowest BCUT2D eigenvalue weighted by Crippen LogP contribution is -1.99. The zero-order valence-corrected chi connectivity index (χ0v) is 11.6. The first-order chi connectivity index (χ1) is 9.13. The van der Waals surface area contributed by atoms with Crippen molar-refractivity contribution >= 4 is 17.4 Å².